The Morgan fingerprint density at radius 1 is 1.25 bits per heavy atom. The molecule has 1 aliphatic rings. The molecule has 0 unspecified atom stereocenters. The van der Waals surface area contributed by atoms with E-state index in [-0.39, 0.29) is 5.91 Å². The molecule has 0 spiro atoms. The standard InChI is InChI=1S/C19H26N4O/c1-16(15-23-12-6-9-21-23)20-14-17-7-5-8-18(13-17)19(24)22-10-3-2-4-11-22/h5-9,12-13,16,20H,2-4,10-11,14-15H2,1H3/t16-/m0/s1. The van der Waals surface area contributed by atoms with Crippen LogP contribution in [-0.2, 0) is 13.1 Å². The van der Waals surface area contributed by atoms with Crippen molar-refractivity contribution in [3.8, 4) is 0 Å². The molecule has 1 amide bonds. The average molecular weight is 326 g/mol. The summed E-state index contributed by atoms with van der Waals surface area (Å²) in [5.41, 5.74) is 1.95. The number of carbonyl (C=O) groups is 1. The molecule has 128 valence electrons. The van der Waals surface area contributed by atoms with Crippen LogP contribution < -0.4 is 5.32 Å². The number of nitrogens with one attached hydrogen (secondary N) is 1. The maximum atomic E-state index is 12.6. The summed E-state index contributed by atoms with van der Waals surface area (Å²) in [5.74, 6) is 0.168. The predicted octanol–water partition coefficient (Wildman–Crippen LogP) is 2.69. The summed E-state index contributed by atoms with van der Waals surface area (Å²) in [6.07, 6.45) is 7.25. The Morgan fingerprint density at radius 3 is 2.83 bits per heavy atom. The Labute approximate surface area is 143 Å². The molecule has 1 atom stereocenters. The van der Waals surface area contributed by atoms with Crippen LogP contribution in [0.2, 0.25) is 0 Å². The van der Waals surface area contributed by atoms with Crippen molar-refractivity contribution in [1.82, 2.24) is 20.0 Å². The zero-order valence-corrected chi connectivity index (χ0v) is 14.3. The van der Waals surface area contributed by atoms with Gasteiger partial charge >= 0.3 is 0 Å². The Morgan fingerprint density at radius 2 is 2.08 bits per heavy atom. The minimum atomic E-state index is 0.168. The Kier molecular flexibility index (Phi) is 5.64. The fourth-order valence-electron chi connectivity index (χ4n) is 3.14. The summed E-state index contributed by atoms with van der Waals surface area (Å²) in [7, 11) is 0. The van der Waals surface area contributed by atoms with Crippen molar-refractivity contribution in [2.45, 2.75) is 45.3 Å². The highest BCUT2D eigenvalue weighted by Gasteiger charge is 2.18. The quantitative estimate of drug-likeness (QED) is 0.888. The summed E-state index contributed by atoms with van der Waals surface area (Å²) < 4.78 is 1.92. The maximum absolute atomic E-state index is 12.6. The predicted molar refractivity (Wildman–Crippen MR) is 94.7 cm³/mol. The lowest BCUT2D eigenvalue weighted by Crippen LogP contribution is -2.35. The fourth-order valence-corrected chi connectivity index (χ4v) is 3.14. The first-order valence-corrected chi connectivity index (χ1v) is 8.81. The van der Waals surface area contributed by atoms with Crippen LogP contribution in [0.1, 0.15) is 42.1 Å². The molecule has 5 nitrogen and oxygen atoms in total. The third-order valence-electron chi connectivity index (χ3n) is 4.49. The van der Waals surface area contributed by atoms with Crippen molar-refractivity contribution >= 4 is 5.91 Å². The van der Waals surface area contributed by atoms with E-state index in [1.54, 1.807) is 6.20 Å². The molecule has 1 aliphatic heterocycles. The van der Waals surface area contributed by atoms with Gasteiger partial charge in [0.2, 0.25) is 0 Å². The fraction of sp³-hybridized carbons (Fsp3) is 0.474. The smallest absolute Gasteiger partial charge is 0.253 e. The lowest BCUT2D eigenvalue weighted by molar-refractivity contribution is 0.0724. The second-order valence-electron chi connectivity index (χ2n) is 6.56. The molecule has 1 N–H and O–H groups in total. The van der Waals surface area contributed by atoms with Gasteiger partial charge in [-0.1, -0.05) is 12.1 Å². The van der Waals surface area contributed by atoms with Crippen molar-refractivity contribution < 1.29 is 4.79 Å². The normalized spacial score (nSPS) is 16.1. The Bertz CT molecular complexity index is 647. The summed E-state index contributed by atoms with van der Waals surface area (Å²) in [4.78, 5) is 14.6. The van der Waals surface area contributed by atoms with Gasteiger partial charge in [-0.05, 0) is 49.9 Å². The first kappa shape index (κ1) is 16.7. The van der Waals surface area contributed by atoms with E-state index in [4.69, 9.17) is 0 Å². The molecule has 24 heavy (non-hydrogen) atoms. The van der Waals surface area contributed by atoms with Crippen LogP contribution in [0.5, 0.6) is 0 Å². The number of carbonyl (C=O) groups excluding carboxylic acids is 1. The van der Waals surface area contributed by atoms with E-state index < -0.39 is 0 Å². The molecule has 2 aromatic rings. The van der Waals surface area contributed by atoms with Crippen molar-refractivity contribution in [2.75, 3.05) is 13.1 Å². The molecular formula is C19H26N4O. The highest BCUT2D eigenvalue weighted by molar-refractivity contribution is 5.94. The molecule has 1 saturated heterocycles. The number of amides is 1. The van der Waals surface area contributed by atoms with Gasteiger partial charge in [-0.25, -0.2) is 0 Å². The summed E-state index contributed by atoms with van der Waals surface area (Å²) in [6, 6.07) is 10.2. The number of piperidine rings is 1. The van der Waals surface area contributed by atoms with Gasteiger partial charge < -0.3 is 10.2 Å². The van der Waals surface area contributed by atoms with E-state index >= 15 is 0 Å². The van der Waals surface area contributed by atoms with Gasteiger partial charge in [-0.3, -0.25) is 9.48 Å². The topological polar surface area (TPSA) is 50.2 Å². The number of likely N-dealkylation sites (tertiary alicyclic amines) is 1. The number of rotatable bonds is 6. The Balaban J connectivity index is 1.55. The number of hydrogen-bond acceptors (Lipinski definition) is 3. The summed E-state index contributed by atoms with van der Waals surface area (Å²) in [6.45, 7) is 5.51. The Hall–Kier alpha value is -2.14. The van der Waals surface area contributed by atoms with Crippen LogP contribution in [0.4, 0.5) is 0 Å². The zero-order valence-electron chi connectivity index (χ0n) is 14.3. The van der Waals surface area contributed by atoms with Crippen LogP contribution >= 0.6 is 0 Å². The van der Waals surface area contributed by atoms with Gasteiger partial charge in [0.25, 0.3) is 5.91 Å². The van der Waals surface area contributed by atoms with Crippen molar-refractivity contribution in [2.24, 2.45) is 0 Å². The summed E-state index contributed by atoms with van der Waals surface area (Å²) >= 11 is 0. The highest BCUT2D eigenvalue weighted by Crippen LogP contribution is 2.14. The number of benzene rings is 1. The van der Waals surface area contributed by atoms with Gasteiger partial charge in [-0.2, -0.15) is 5.10 Å². The first-order chi connectivity index (χ1) is 11.7. The molecule has 0 saturated carbocycles. The molecule has 0 aliphatic carbocycles. The monoisotopic (exact) mass is 326 g/mol. The van der Waals surface area contributed by atoms with E-state index in [0.717, 1.165) is 50.1 Å². The van der Waals surface area contributed by atoms with E-state index in [2.05, 4.69) is 23.4 Å². The number of hydrogen-bond donors (Lipinski definition) is 1. The van der Waals surface area contributed by atoms with E-state index in [9.17, 15) is 4.79 Å². The molecule has 1 aromatic carbocycles. The van der Waals surface area contributed by atoms with Crippen LogP contribution in [0, 0.1) is 0 Å². The van der Waals surface area contributed by atoms with Crippen molar-refractivity contribution in [1.29, 1.82) is 0 Å². The van der Waals surface area contributed by atoms with Gasteiger partial charge in [0, 0.05) is 43.6 Å². The van der Waals surface area contributed by atoms with Crippen LogP contribution in [0.25, 0.3) is 0 Å². The molecule has 0 radical (unpaired) electrons. The molecular weight excluding hydrogens is 300 g/mol. The van der Waals surface area contributed by atoms with Gasteiger partial charge in [0.15, 0.2) is 0 Å². The third-order valence-corrected chi connectivity index (χ3v) is 4.49. The molecule has 3 rings (SSSR count). The minimum absolute atomic E-state index is 0.168. The van der Waals surface area contributed by atoms with Gasteiger partial charge in [0.1, 0.15) is 0 Å². The minimum Gasteiger partial charge on any atom is -0.339 e. The van der Waals surface area contributed by atoms with Crippen LogP contribution in [0.3, 0.4) is 0 Å². The number of aromatic nitrogens is 2. The maximum Gasteiger partial charge on any atom is 0.253 e. The zero-order chi connectivity index (χ0) is 16.8. The highest BCUT2D eigenvalue weighted by atomic mass is 16.2. The lowest BCUT2D eigenvalue weighted by Gasteiger charge is -2.26. The molecule has 1 fully saturated rings. The molecule has 1 aromatic heterocycles. The third kappa shape index (κ3) is 4.45. The molecule has 0 bridgehead atoms. The van der Waals surface area contributed by atoms with Crippen LogP contribution in [0.15, 0.2) is 42.7 Å². The lowest BCUT2D eigenvalue weighted by atomic mass is 10.1. The van der Waals surface area contributed by atoms with E-state index in [1.807, 2.05) is 40.0 Å². The molecule has 5 heteroatoms. The average Bonchev–Trinajstić information content (AvgIpc) is 3.13. The number of nitrogens with zero attached hydrogens (tertiary/aromatic N) is 3. The second kappa shape index (κ2) is 8.11. The van der Waals surface area contributed by atoms with Gasteiger partial charge in [-0.15, -0.1) is 0 Å². The second-order valence-corrected chi connectivity index (χ2v) is 6.56. The van der Waals surface area contributed by atoms with Crippen molar-refractivity contribution in [3.05, 3.63) is 53.9 Å². The largest absolute Gasteiger partial charge is 0.339 e. The van der Waals surface area contributed by atoms with E-state index in [0.29, 0.717) is 6.04 Å². The molecule has 2 heterocycles. The van der Waals surface area contributed by atoms with Gasteiger partial charge in [0.05, 0.1) is 6.54 Å². The van der Waals surface area contributed by atoms with Crippen LogP contribution in [-0.4, -0.2) is 39.7 Å². The first-order valence-electron chi connectivity index (χ1n) is 8.81. The summed E-state index contributed by atoms with van der Waals surface area (Å²) in [5, 5.41) is 7.72. The SMILES string of the molecule is C[C@@H](Cn1cccn1)NCc1cccc(C(=O)N2CCCCC2)c1. The van der Waals surface area contributed by atoms with E-state index in [1.165, 1.54) is 6.42 Å². The van der Waals surface area contributed by atoms with Crippen molar-refractivity contribution in [3.63, 3.8) is 0 Å².